The molecule has 2 aromatic carbocycles. The van der Waals surface area contributed by atoms with Gasteiger partial charge in [0.25, 0.3) is 0 Å². The van der Waals surface area contributed by atoms with E-state index in [9.17, 15) is 9.90 Å². The molecule has 140 valence electrons. The molecule has 0 spiro atoms. The molecule has 1 aromatic heterocycles. The van der Waals surface area contributed by atoms with Crippen LogP contribution in [0.4, 0.5) is 4.79 Å². The molecule has 0 bridgehead atoms. The van der Waals surface area contributed by atoms with Crippen LogP contribution in [0, 0.1) is 0 Å². The zero-order chi connectivity index (χ0) is 18.9. The fourth-order valence-corrected chi connectivity index (χ4v) is 2.82. The molecule has 2 N–H and O–H groups in total. The summed E-state index contributed by atoms with van der Waals surface area (Å²) in [5.74, 6) is 0. The summed E-state index contributed by atoms with van der Waals surface area (Å²) >= 11 is 0. The standard InChI is InChI=1S/C21H24N4O2/c26-13-12-25(16-19-4-2-1-3-5-19)21(27)23-14-18-6-8-20(9-7-18)15-24-11-10-22-17-24/h1-11,17,26H,12-16H2,(H,23,27). The van der Waals surface area contributed by atoms with Crippen molar-refractivity contribution >= 4 is 6.03 Å². The predicted molar refractivity (Wildman–Crippen MR) is 104 cm³/mol. The van der Waals surface area contributed by atoms with Gasteiger partial charge in [-0.3, -0.25) is 0 Å². The van der Waals surface area contributed by atoms with Crippen molar-refractivity contribution < 1.29 is 9.90 Å². The summed E-state index contributed by atoms with van der Waals surface area (Å²) in [6.45, 7) is 1.92. The van der Waals surface area contributed by atoms with Gasteiger partial charge in [-0.1, -0.05) is 54.6 Å². The SMILES string of the molecule is O=C(NCc1ccc(Cn2ccnc2)cc1)N(CCO)Cc1ccccc1. The fourth-order valence-electron chi connectivity index (χ4n) is 2.82. The Morgan fingerprint density at radius 1 is 1.04 bits per heavy atom. The van der Waals surface area contributed by atoms with Crippen molar-refractivity contribution in [3.05, 3.63) is 90.0 Å². The molecule has 0 aliphatic carbocycles. The zero-order valence-corrected chi connectivity index (χ0v) is 15.2. The van der Waals surface area contributed by atoms with Crippen LogP contribution in [0.3, 0.4) is 0 Å². The van der Waals surface area contributed by atoms with Crippen molar-refractivity contribution in [2.75, 3.05) is 13.2 Å². The molecule has 0 saturated carbocycles. The summed E-state index contributed by atoms with van der Waals surface area (Å²) in [5, 5.41) is 12.2. The van der Waals surface area contributed by atoms with Gasteiger partial charge in [0.15, 0.2) is 0 Å². The van der Waals surface area contributed by atoms with Crippen LogP contribution in [-0.4, -0.2) is 38.7 Å². The molecular formula is C21H24N4O2. The molecular weight excluding hydrogens is 340 g/mol. The van der Waals surface area contributed by atoms with Gasteiger partial charge < -0.3 is 19.9 Å². The topological polar surface area (TPSA) is 70.4 Å². The Morgan fingerprint density at radius 2 is 1.78 bits per heavy atom. The van der Waals surface area contributed by atoms with E-state index >= 15 is 0 Å². The third kappa shape index (κ3) is 5.69. The van der Waals surface area contributed by atoms with E-state index in [0.29, 0.717) is 19.6 Å². The van der Waals surface area contributed by atoms with Crippen molar-refractivity contribution in [1.82, 2.24) is 19.8 Å². The first kappa shape index (κ1) is 18.7. The Hall–Kier alpha value is -3.12. The maximum atomic E-state index is 12.5. The van der Waals surface area contributed by atoms with Crippen LogP contribution in [0.5, 0.6) is 0 Å². The van der Waals surface area contributed by atoms with Crippen LogP contribution in [-0.2, 0) is 19.6 Å². The quantitative estimate of drug-likeness (QED) is 0.646. The van der Waals surface area contributed by atoms with Gasteiger partial charge in [0.2, 0.25) is 0 Å². The maximum absolute atomic E-state index is 12.5. The number of aliphatic hydroxyl groups is 1. The summed E-state index contributed by atoms with van der Waals surface area (Å²) in [4.78, 5) is 18.1. The van der Waals surface area contributed by atoms with Crippen LogP contribution in [0.15, 0.2) is 73.3 Å². The van der Waals surface area contributed by atoms with E-state index in [0.717, 1.165) is 17.7 Å². The van der Waals surface area contributed by atoms with Crippen molar-refractivity contribution in [3.63, 3.8) is 0 Å². The summed E-state index contributed by atoms with van der Waals surface area (Å²) in [6, 6.07) is 17.7. The number of amides is 2. The highest BCUT2D eigenvalue weighted by atomic mass is 16.3. The number of rotatable bonds is 8. The van der Waals surface area contributed by atoms with Gasteiger partial charge in [-0.15, -0.1) is 0 Å². The molecule has 3 aromatic rings. The molecule has 0 atom stereocenters. The lowest BCUT2D eigenvalue weighted by Gasteiger charge is -2.22. The predicted octanol–water partition coefficient (Wildman–Crippen LogP) is 2.64. The number of nitrogens with zero attached hydrogens (tertiary/aromatic N) is 3. The first-order valence-corrected chi connectivity index (χ1v) is 8.96. The van der Waals surface area contributed by atoms with Gasteiger partial charge in [0, 0.05) is 38.6 Å². The smallest absolute Gasteiger partial charge is 0.318 e. The van der Waals surface area contributed by atoms with E-state index in [1.165, 1.54) is 5.56 Å². The number of imidazole rings is 1. The monoisotopic (exact) mass is 364 g/mol. The number of aromatic nitrogens is 2. The van der Waals surface area contributed by atoms with E-state index in [4.69, 9.17) is 0 Å². The molecule has 0 fully saturated rings. The average molecular weight is 364 g/mol. The number of aliphatic hydroxyl groups excluding tert-OH is 1. The molecule has 3 rings (SSSR count). The number of benzene rings is 2. The van der Waals surface area contributed by atoms with E-state index in [-0.39, 0.29) is 12.6 Å². The van der Waals surface area contributed by atoms with Crippen molar-refractivity contribution in [1.29, 1.82) is 0 Å². The second kappa shape index (κ2) is 9.54. The minimum atomic E-state index is -0.185. The molecule has 2 amide bonds. The van der Waals surface area contributed by atoms with Gasteiger partial charge in [-0.2, -0.15) is 0 Å². The lowest BCUT2D eigenvalue weighted by molar-refractivity contribution is 0.173. The number of urea groups is 1. The van der Waals surface area contributed by atoms with Gasteiger partial charge >= 0.3 is 6.03 Å². The number of carbonyl (C=O) groups excluding carboxylic acids is 1. The molecule has 0 radical (unpaired) electrons. The number of hydrogen-bond acceptors (Lipinski definition) is 3. The van der Waals surface area contributed by atoms with Crippen molar-refractivity contribution in [2.45, 2.75) is 19.6 Å². The Morgan fingerprint density at radius 3 is 2.44 bits per heavy atom. The van der Waals surface area contributed by atoms with Crippen molar-refractivity contribution in [2.24, 2.45) is 0 Å². The molecule has 6 nitrogen and oxygen atoms in total. The lowest BCUT2D eigenvalue weighted by Crippen LogP contribution is -2.40. The number of hydrogen-bond donors (Lipinski definition) is 2. The van der Waals surface area contributed by atoms with Gasteiger partial charge in [0.05, 0.1) is 12.9 Å². The average Bonchev–Trinajstić information content (AvgIpc) is 3.21. The summed E-state index contributed by atoms with van der Waals surface area (Å²) in [7, 11) is 0. The molecule has 0 aliphatic heterocycles. The van der Waals surface area contributed by atoms with Crippen LogP contribution in [0.1, 0.15) is 16.7 Å². The molecule has 27 heavy (non-hydrogen) atoms. The molecule has 1 heterocycles. The highest BCUT2D eigenvalue weighted by Gasteiger charge is 2.13. The highest BCUT2D eigenvalue weighted by Crippen LogP contribution is 2.08. The third-order valence-corrected chi connectivity index (χ3v) is 4.26. The summed E-state index contributed by atoms with van der Waals surface area (Å²) < 4.78 is 2.01. The lowest BCUT2D eigenvalue weighted by atomic mass is 10.1. The Labute approximate surface area is 159 Å². The van der Waals surface area contributed by atoms with Crippen LogP contribution < -0.4 is 5.32 Å². The van der Waals surface area contributed by atoms with E-state index in [2.05, 4.69) is 22.4 Å². The van der Waals surface area contributed by atoms with E-state index < -0.39 is 0 Å². The normalized spacial score (nSPS) is 10.6. The second-order valence-electron chi connectivity index (χ2n) is 6.34. The highest BCUT2D eigenvalue weighted by molar-refractivity contribution is 5.74. The molecule has 0 unspecified atom stereocenters. The molecule has 0 aliphatic rings. The minimum Gasteiger partial charge on any atom is -0.395 e. The van der Waals surface area contributed by atoms with Gasteiger partial charge in [-0.25, -0.2) is 9.78 Å². The van der Waals surface area contributed by atoms with Crippen LogP contribution in [0.25, 0.3) is 0 Å². The van der Waals surface area contributed by atoms with E-state index in [1.807, 2.05) is 53.2 Å². The molecule has 0 saturated heterocycles. The Kier molecular flexibility index (Phi) is 6.60. The van der Waals surface area contributed by atoms with Crippen LogP contribution >= 0.6 is 0 Å². The second-order valence-corrected chi connectivity index (χ2v) is 6.34. The Bertz CT molecular complexity index is 817. The largest absolute Gasteiger partial charge is 0.395 e. The minimum absolute atomic E-state index is 0.0663. The van der Waals surface area contributed by atoms with Gasteiger partial charge in [-0.05, 0) is 16.7 Å². The molecule has 6 heteroatoms. The number of nitrogens with one attached hydrogen (secondary N) is 1. The summed E-state index contributed by atoms with van der Waals surface area (Å²) in [5.41, 5.74) is 3.24. The Balaban J connectivity index is 1.53. The van der Waals surface area contributed by atoms with E-state index in [1.54, 1.807) is 17.4 Å². The fraction of sp³-hybridized carbons (Fsp3) is 0.238. The number of carbonyl (C=O) groups is 1. The summed E-state index contributed by atoms with van der Waals surface area (Å²) in [6.07, 6.45) is 5.48. The van der Waals surface area contributed by atoms with Crippen LogP contribution in [0.2, 0.25) is 0 Å². The first-order chi connectivity index (χ1) is 13.2. The van der Waals surface area contributed by atoms with Gasteiger partial charge in [0.1, 0.15) is 0 Å². The van der Waals surface area contributed by atoms with Crippen molar-refractivity contribution in [3.8, 4) is 0 Å². The maximum Gasteiger partial charge on any atom is 0.318 e. The zero-order valence-electron chi connectivity index (χ0n) is 15.2. The third-order valence-electron chi connectivity index (χ3n) is 4.26. The first-order valence-electron chi connectivity index (χ1n) is 8.96.